The minimum absolute atomic E-state index is 0. The van der Waals surface area contributed by atoms with E-state index in [2.05, 4.69) is 12.2 Å². The zero-order valence-corrected chi connectivity index (χ0v) is 13.1. The predicted molar refractivity (Wildman–Crippen MR) is 81.7 cm³/mol. The first kappa shape index (κ1) is 16.6. The van der Waals surface area contributed by atoms with E-state index < -0.39 is 0 Å². The van der Waals surface area contributed by atoms with E-state index in [9.17, 15) is 4.79 Å². The molecule has 1 aliphatic rings. The number of carbonyl (C=O) groups is 1. The maximum atomic E-state index is 12.4. The van der Waals surface area contributed by atoms with E-state index in [1.807, 2.05) is 11.8 Å². The molecular weight excluding hydrogens is 307 g/mol. The average molecular weight is 324 g/mol. The van der Waals surface area contributed by atoms with Crippen LogP contribution in [0.15, 0.2) is 18.2 Å². The van der Waals surface area contributed by atoms with Crippen LogP contribution in [0.3, 0.4) is 0 Å². The minimum Gasteiger partial charge on any atom is -0.333 e. The summed E-state index contributed by atoms with van der Waals surface area (Å²) in [6, 6.07) is 5.40. The van der Waals surface area contributed by atoms with Gasteiger partial charge < -0.3 is 10.2 Å². The topological polar surface area (TPSA) is 32.3 Å². The van der Waals surface area contributed by atoms with E-state index in [0.717, 1.165) is 6.54 Å². The molecule has 1 aromatic rings. The van der Waals surface area contributed by atoms with Gasteiger partial charge in [-0.1, -0.05) is 23.2 Å². The lowest BCUT2D eigenvalue weighted by Gasteiger charge is -2.38. The first-order valence-corrected chi connectivity index (χ1v) is 6.75. The number of piperazine rings is 1. The smallest absolute Gasteiger partial charge is 0.254 e. The Bertz CT molecular complexity index is 447. The molecule has 0 radical (unpaired) electrons. The Morgan fingerprint density at radius 3 is 2.42 bits per heavy atom. The largest absolute Gasteiger partial charge is 0.333 e. The Labute approximate surface area is 129 Å². The lowest BCUT2D eigenvalue weighted by atomic mass is 10.1. The molecular formula is C13H17Cl3N2O. The molecule has 2 atom stereocenters. The second-order valence-corrected chi connectivity index (χ2v) is 5.51. The minimum atomic E-state index is -0.0137. The third kappa shape index (κ3) is 3.76. The first-order chi connectivity index (χ1) is 8.49. The predicted octanol–water partition coefficient (Wildman–Crippen LogP) is 3.24. The lowest BCUT2D eigenvalue weighted by molar-refractivity contribution is 0.0603. The molecule has 1 heterocycles. The molecule has 0 spiro atoms. The van der Waals surface area contributed by atoms with Crippen molar-refractivity contribution in [3.05, 3.63) is 33.8 Å². The number of benzene rings is 1. The fraction of sp³-hybridized carbons (Fsp3) is 0.462. The summed E-state index contributed by atoms with van der Waals surface area (Å²) in [6.45, 7) is 5.63. The molecule has 1 saturated heterocycles. The third-order valence-electron chi connectivity index (χ3n) is 3.40. The molecule has 1 N–H and O–H groups in total. The van der Waals surface area contributed by atoms with Crippen LogP contribution in [0.1, 0.15) is 24.2 Å². The van der Waals surface area contributed by atoms with Crippen LogP contribution in [-0.2, 0) is 0 Å². The number of nitrogens with zero attached hydrogens (tertiary/aromatic N) is 1. The molecule has 0 aliphatic carbocycles. The van der Waals surface area contributed by atoms with E-state index in [1.165, 1.54) is 0 Å². The van der Waals surface area contributed by atoms with E-state index in [-0.39, 0.29) is 30.4 Å². The maximum absolute atomic E-state index is 12.4. The number of nitrogens with one attached hydrogen (secondary N) is 1. The van der Waals surface area contributed by atoms with Crippen LogP contribution in [0.2, 0.25) is 10.0 Å². The summed E-state index contributed by atoms with van der Waals surface area (Å²) in [5.41, 5.74) is 0.549. The van der Waals surface area contributed by atoms with Crippen LogP contribution >= 0.6 is 35.6 Å². The van der Waals surface area contributed by atoms with Gasteiger partial charge in [0.25, 0.3) is 5.91 Å². The quantitative estimate of drug-likeness (QED) is 0.860. The van der Waals surface area contributed by atoms with E-state index in [0.29, 0.717) is 22.2 Å². The van der Waals surface area contributed by atoms with Crippen molar-refractivity contribution >= 4 is 41.5 Å². The van der Waals surface area contributed by atoms with Gasteiger partial charge in [-0.3, -0.25) is 4.79 Å². The van der Waals surface area contributed by atoms with Crippen LogP contribution in [0.25, 0.3) is 0 Å². The molecule has 106 valence electrons. The molecule has 6 heteroatoms. The highest BCUT2D eigenvalue weighted by molar-refractivity contribution is 6.35. The van der Waals surface area contributed by atoms with Crippen molar-refractivity contribution < 1.29 is 4.79 Å². The standard InChI is InChI=1S/C13H16Cl2N2O.ClH/c1-8-9(2)17(4-3-16-8)13(18)10-5-11(14)7-12(15)6-10;/h5-9,16H,3-4H2,1-2H3;1H. The molecule has 1 aromatic carbocycles. The van der Waals surface area contributed by atoms with Gasteiger partial charge in [0.1, 0.15) is 0 Å². The first-order valence-electron chi connectivity index (χ1n) is 5.99. The molecule has 3 nitrogen and oxygen atoms in total. The van der Waals surface area contributed by atoms with Gasteiger partial charge in [0.15, 0.2) is 0 Å². The van der Waals surface area contributed by atoms with Gasteiger partial charge in [-0.15, -0.1) is 12.4 Å². The van der Waals surface area contributed by atoms with Gasteiger partial charge >= 0.3 is 0 Å². The van der Waals surface area contributed by atoms with E-state index >= 15 is 0 Å². The van der Waals surface area contributed by atoms with Gasteiger partial charge in [0.2, 0.25) is 0 Å². The number of carbonyl (C=O) groups excluding carboxylic acids is 1. The third-order valence-corrected chi connectivity index (χ3v) is 3.84. The summed E-state index contributed by atoms with van der Waals surface area (Å²) in [6.07, 6.45) is 0. The number of rotatable bonds is 1. The van der Waals surface area contributed by atoms with Crippen LogP contribution in [0, 0.1) is 0 Å². The molecule has 0 saturated carbocycles. The highest BCUT2D eigenvalue weighted by Crippen LogP contribution is 2.21. The molecule has 19 heavy (non-hydrogen) atoms. The Balaban J connectivity index is 0.00000180. The van der Waals surface area contributed by atoms with Crippen LogP contribution in [-0.4, -0.2) is 36.0 Å². The zero-order chi connectivity index (χ0) is 13.3. The molecule has 1 aliphatic heterocycles. The number of halogens is 3. The SMILES string of the molecule is CC1NCCN(C(=O)c2cc(Cl)cc(Cl)c2)C1C.Cl. The maximum Gasteiger partial charge on any atom is 0.254 e. The van der Waals surface area contributed by atoms with Gasteiger partial charge in [-0.2, -0.15) is 0 Å². The summed E-state index contributed by atoms with van der Waals surface area (Å²) >= 11 is 11.9. The Morgan fingerprint density at radius 2 is 1.84 bits per heavy atom. The summed E-state index contributed by atoms with van der Waals surface area (Å²) in [4.78, 5) is 14.3. The molecule has 2 rings (SSSR count). The average Bonchev–Trinajstić information content (AvgIpc) is 2.30. The van der Waals surface area contributed by atoms with Crippen molar-refractivity contribution in [1.29, 1.82) is 0 Å². The lowest BCUT2D eigenvalue weighted by Crippen LogP contribution is -2.57. The second-order valence-electron chi connectivity index (χ2n) is 4.64. The van der Waals surface area contributed by atoms with Crippen molar-refractivity contribution in [2.45, 2.75) is 25.9 Å². The van der Waals surface area contributed by atoms with Gasteiger partial charge in [-0.25, -0.2) is 0 Å². The summed E-state index contributed by atoms with van der Waals surface area (Å²) in [7, 11) is 0. The molecule has 0 bridgehead atoms. The number of amides is 1. The van der Waals surface area contributed by atoms with Crippen molar-refractivity contribution in [2.75, 3.05) is 13.1 Å². The molecule has 1 fully saturated rings. The van der Waals surface area contributed by atoms with Gasteiger partial charge in [0, 0.05) is 40.8 Å². The Kier molecular flexibility index (Phi) is 5.93. The second kappa shape index (κ2) is 6.80. The van der Waals surface area contributed by atoms with Crippen LogP contribution in [0.5, 0.6) is 0 Å². The summed E-state index contributed by atoms with van der Waals surface area (Å²) in [5.74, 6) is -0.0137. The highest BCUT2D eigenvalue weighted by atomic mass is 35.5. The highest BCUT2D eigenvalue weighted by Gasteiger charge is 2.28. The molecule has 2 unspecified atom stereocenters. The fourth-order valence-electron chi connectivity index (χ4n) is 2.19. The van der Waals surface area contributed by atoms with Crippen molar-refractivity contribution in [3.8, 4) is 0 Å². The van der Waals surface area contributed by atoms with E-state index in [1.54, 1.807) is 18.2 Å². The number of hydrogen-bond donors (Lipinski definition) is 1. The Hall–Kier alpha value is -0.480. The molecule has 0 aromatic heterocycles. The summed E-state index contributed by atoms with van der Waals surface area (Å²) < 4.78 is 0. The van der Waals surface area contributed by atoms with Crippen LogP contribution < -0.4 is 5.32 Å². The van der Waals surface area contributed by atoms with Gasteiger partial charge in [-0.05, 0) is 32.0 Å². The van der Waals surface area contributed by atoms with Crippen molar-refractivity contribution in [3.63, 3.8) is 0 Å². The monoisotopic (exact) mass is 322 g/mol. The summed E-state index contributed by atoms with van der Waals surface area (Å²) in [5, 5.41) is 4.32. The molecule has 1 amide bonds. The van der Waals surface area contributed by atoms with Crippen LogP contribution in [0.4, 0.5) is 0 Å². The Morgan fingerprint density at radius 1 is 1.26 bits per heavy atom. The fourth-order valence-corrected chi connectivity index (χ4v) is 2.71. The van der Waals surface area contributed by atoms with Crippen molar-refractivity contribution in [1.82, 2.24) is 10.2 Å². The van der Waals surface area contributed by atoms with E-state index in [4.69, 9.17) is 23.2 Å². The van der Waals surface area contributed by atoms with Crippen molar-refractivity contribution in [2.24, 2.45) is 0 Å². The van der Waals surface area contributed by atoms with Gasteiger partial charge in [0.05, 0.1) is 0 Å². The zero-order valence-electron chi connectivity index (χ0n) is 10.8. The normalized spacial score (nSPS) is 22.8. The number of hydrogen-bond acceptors (Lipinski definition) is 2.